The summed E-state index contributed by atoms with van der Waals surface area (Å²) in [5, 5.41) is 18.0. The van der Waals surface area contributed by atoms with Crippen LogP contribution < -0.4 is 0 Å². The van der Waals surface area contributed by atoms with Crippen molar-refractivity contribution < 1.29 is 28.2 Å². The van der Waals surface area contributed by atoms with Gasteiger partial charge in [0.2, 0.25) is 15.9 Å². The Morgan fingerprint density at radius 1 is 0.405 bits per heavy atom. The molecule has 0 saturated carbocycles. The number of aliphatic hydroxyl groups is 2. The molecule has 6 aliphatic heterocycles. The first-order valence-corrected chi connectivity index (χ1v) is 30.5. The van der Waals surface area contributed by atoms with E-state index in [1.54, 1.807) is 16.1 Å². The molecule has 6 rings (SSSR count). The first-order chi connectivity index (χ1) is 33.7. The van der Waals surface area contributed by atoms with Crippen molar-refractivity contribution in [3.63, 3.8) is 0 Å². The minimum Gasteiger partial charge on any atom is -0.393 e. The highest BCUT2D eigenvalue weighted by Crippen LogP contribution is 2.22. The van der Waals surface area contributed by atoms with Crippen LogP contribution in [0.5, 0.6) is 0 Å². The minimum absolute atomic E-state index is 0.116. The fraction of sp³-hybridized carbons (Fsp3) is 0.965. The van der Waals surface area contributed by atoms with Crippen LogP contribution in [0.15, 0.2) is 0 Å². The summed E-state index contributed by atoms with van der Waals surface area (Å²) in [6.45, 7) is 61.1. The molecule has 440 valence electrons. The van der Waals surface area contributed by atoms with E-state index in [0.29, 0.717) is 42.8 Å². The Morgan fingerprint density at radius 3 is 0.878 bits per heavy atom. The molecule has 2 amide bonds. The van der Waals surface area contributed by atoms with Gasteiger partial charge in [0, 0.05) is 145 Å². The van der Waals surface area contributed by atoms with E-state index in [1.807, 2.05) is 4.90 Å². The number of likely N-dealkylation sites (tertiary alicyclic amines) is 2. The molecule has 6 aliphatic rings. The van der Waals surface area contributed by atoms with Crippen molar-refractivity contribution in [2.75, 3.05) is 151 Å². The second-order valence-electron chi connectivity index (χ2n) is 27.6. The number of likely N-dealkylation sites (N-methyl/N-ethyl adjacent to an activating group) is 1. The van der Waals surface area contributed by atoms with Gasteiger partial charge in [-0.3, -0.25) is 39.0 Å². The molecule has 1 unspecified atom stereocenters. The number of piperidine rings is 2. The summed E-state index contributed by atoms with van der Waals surface area (Å²) in [7, 11) is -0.794. The van der Waals surface area contributed by atoms with E-state index in [1.165, 1.54) is 97.1 Å². The Balaban J connectivity index is 0.000000447. The molecule has 2 N–H and O–H groups in total. The lowest BCUT2D eigenvalue weighted by molar-refractivity contribution is -0.144. The number of hydrogen-bond acceptors (Lipinski definition) is 13. The third-order valence-electron chi connectivity index (χ3n) is 15.4. The molecule has 6 fully saturated rings. The van der Waals surface area contributed by atoms with Gasteiger partial charge in [-0.2, -0.15) is 4.31 Å². The highest BCUT2D eigenvalue weighted by molar-refractivity contribution is 7.88. The van der Waals surface area contributed by atoms with Gasteiger partial charge in [0.25, 0.3) is 5.91 Å². The molecule has 6 heterocycles. The Bertz CT molecular complexity index is 1620. The number of piperazine rings is 4. The number of amides is 2. The molecule has 0 aromatic rings. The van der Waals surface area contributed by atoms with Crippen molar-refractivity contribution >= 4 is 21.8 Å². The van der Waals surface area contributed by atoms with E-state index in [4.69, 9.17) is 5.11 Å². The zero-order valence-corrected chi connectivity index (χ0v) is 52.9. The van der Waals surface area contributed by atoms with Crippen LogP contribution in [0.4, 0.5) is 0 Å². The van der Waals surface area contributed by atoms with E-state index >= 15 is 0 Å². The second kappa shape index (κ2) is 31.3. The summed E-state index contributed by atoms with van der Waals surface area (Å²) < 4.78 is 24.1. The van der Waals surface area contributed by atoms with Crippen LogP contribution in [0.3, 0.4) is 0 Å². The minimum atomic E-state index is -2.99. The first-order valence-electron chi connectivity index (χ1n) is 28.7. The molecule has 0 aromatic heterocycles. The zero-order chi connectivity index (χ0) is 57.1. The summed E-state index contributed by atoms with van der Waals surface area (Å²) in [5.74, 6) is -0.162. The van der Waals surface area contributed by atoms with Crippen LogP contribution in [-0.2, 0) is 19.6 Å². The largest absolute Gasteiger partial charge is 0.393 e. The summed E-state index contributed by atoms with van der Waals surface area (Å²) in [5.41, 5.74) is 1.67. The highest BCUT2D eigenvalue weighted by atomic mass is 32.2. The smallest absolute Gasteiger partial charge is 0.253 e. The predicted molar refractivity (Wildman–Crippen MR) is 311 cm³/mol. The van der Waals surface area contributed by atoms with Crippen molar-refractivity contribution in [1.82, 2.24) is 48.4 Å². The first kappa shape index (κ1) is 70.5. The average Bonchev–Trinajstić information content (AvgIpc) is 3.31. The molecule has 0 radical (unpaired) electrons. The van der Waals surface area contributed by atoms with Crippen LogP contribution in [0, 0.1) is 0 Å². The van der Waals surface area contributed by atoms with Crippen LogP contribution in [0.25, 0.3) is 0 Å². The summed E-state index contributed by atoms with van der Waals surface area (Å²) in [6.07, 6.45) is 8.49. The molecule has 16 nitrogen and oxygen atoms in total. The van der Waals surface area contributed by atoms with Gasteiger partial charge in [0.15, 0.2) is 6.10 Å². The molecule has 17 heteroatoms. The fourth-order valence-electron chi connectivity index (χ4n) is 9.88. The van der Waals surface area contributed by atoms with Gasteiger partial charge in [0.05, 0.1) is 12.9 Å². The standard InChI is InChI=1S/C11H22N2O3.C10H20N2O.C9H20N2O2S.C9H20N2.2C9H19N/c1-11(2,3)13-6-4-12(5-7-13)10(16)9(15)8-14;1-9(13)11-5-7-12(8-6-11)10(2,3)4;1-9(2,3)10-5-7-11(8-6-10)14(4,12)13;1-9(2,3)11-7-5-10(4)6-8-11;2*1-9(2,3)10-7-5-4-6-8-10/h9,14-15H,4-8H2,1-3H3;5-8H2,1-4H3;5-8H2,1-4H3;5-8H2,1-4H3;2*4-8H2,1-3H3. The predicted octanol–water partition coefficient (Wildman–Crippen LogP) is 6.17. The molecule has 6 saturated heterocycles. The van der Waals surface area contributed by atoms with Crippen LogP contribution in [0.2, 0.25) is 0 Å². The van der Waals surface area contributed by atoms with E-state index in [0.717, 1.165) is 52.4 Å². The molecule has 1 atom stereocenters. The Hall–Kier alpha value is -1.51. The van der Waals surface area contributed by atoms with E-state index in [-0.39, 0.29) is 28.4 Å². The Morgan fingerprint density at radius 2 is 0.649 bits per heavy atom. The maximum Gasteiger partial charge on any atom is 0.253 e. The van der Waals surface area contributed by atoms with Crippen LogP contribution in [-0.4, -0.2) is 269 Å². The van der Waals surface area contributed by atoms with Gasteiger partial charge in [-0.15, -0.1) is 0 Å². The molecule has 0 aliphatic carbocycles. The van der Waals surface area contributed by atoms with E-state index in [9.17, 15) is 23.1 Å². The molecule has 74 heavy (non-hydrogen) atoms. The van der Waals surface area contributed by atoms with Gasteiger partial charge in [-0.25, -0.2) is 8.42 Å². The maximum atomic E-state index is 11.6. The Labute approximate surface area is 456 Å². The summed E-state index contributed by atoms with van der Waals surface area (Å²) >= 11 is 0. The highest BCUT2D eigenvalue weighted by Gasteiger charge is 2.32. The van der Waals surface area contributed by atoms with Gasteiger partial charge in [-0.05, 0) is 184 Å². The lowest BCUT2D eigenvalue weighted by Gasteiger charge is -2.42. The summed E-state index contributed by atoms with van der Waals surface area (Å²) in [4.78, 5) is 43.3. The fourth-order valence-corrected chi connectivity index (χ4v) is 10.7. The van der Waals surface area contributed by atoms with Crippen LogP contribution in [0.1, 0.15) is 170 Å². The third-order valence-corrected chi connectivity index (χ3v) is 16.7. The Kier molecular flexibility index (Phi) is 29.8. The number of sulfonamides is 1. The van der Waals surface area contributed by atoms with Crippen molar-refractivity contribution in [2.24, 2.45) is 0 Å². The number of nitrogens with zero attached hydrogens (tertiary/aromatic N) is 10. The number of carbonyl (C=O) groups is 2. The third kappa shape index (κ3) is 27.9. The maximum absolute atomic E-state index is 11.6. The lowest BCUT2D eigenvalue weighted by atomic mass is 10.0. The number of aliphatic hydroxyl groups excluding tert-OH is 2. The van der Waals surface area contributed by atoms with Crippen molar-refractivity contribution in [3.8, 4) is 0 Å². The van der Waals surface area contributed by atoms with Gasteiger partial charge < -0.3 is 24.9 Å². The van der Waals surface area contributed by atoms with E-state index in [2.05, 4.69) is 166 Å². The topological polar surface area (TPSA) is 141 Å². The molecule has 0 aromatic carbocycles. The molecule has 0 spiro atoms. The number of rotatable bonds is 3. The monoisotopic (exact) mass is 1070 g/mol. The number of carbonyl (C=O) groups excluding carboxylic acids is 2. The van der Waals surface area contributed by atoms with Crippen molar-refractivity contribution in [2.45, 2.75) is 209 Å². The zero-order valence-electron chi connectivity index (χ0n) is 52.1. The van der Waals surface area contributed by atoms with Crippen molar-refractivity contribution in [1.29, 1.82) is 0 Å². The van der Waals surface area contributed by atoms with Crippen LogP contribution >= 0.6 is 0 Å². The molecule has 0 bridgehead atoms. The quantitative estimate of drug-likeness (QED) is 0.334. The second-order valence-corrected chi connectivity index (χ2v) is 29.5. The molecular weight excluding hydrogens is 953 g/mol. The van der Waals surface area contributed by atoms with Crippen molar-refractivity contribution in [3.05, 3.63) is 0 Å². The summed E-state index contributed by atoms with van der Waals surface area (Å²) in [6, 6.07) is 0. The average molecular weight is 1070 g/mol. The number of hydrogen-bond donors (Lipinski definition) is 2. The van der Waals surface area contributed by atoms with Gasteiger partial charge in [0.1, 0.15) is 0 Å². The lowest BCUT2D eigenvalue weighted by Crippen LogP contribution is -2.56. The normalized spacial score (nSPS) is 22.2. The van der Waals surface area contributed by atoms with Gasteiger partial charge >= 0.3 is 0 Å². The SMILES string of the molecule is CC(=O)N1CCN(C(C)(C)C)CC1.CC(C)(C)N1CCCCC1.CC(C)(C)N1CCCCC1.CC(C)(C)N1CCN(C(=O)C(O)CO)CC1.CC(C)(C)N1CCN(S(C)(=O)=O)CC1.CN1CCN(C(C)(C)C)CC1. The van der Waals surface area contributed by atoms with Gasteiger partial charge in [-0.1, -0.05) is 12.8 Å². The van der Waals surface area contributed by atoms with E-state index < -0.39 is 22.7 Å². The molecular formula is C57H120N10O6S.